The normalized spacial score (nSPS) is 9.71. The van der Waals surface area contributed by atoms with Crippen LogP contribution < -0.4 is 0 Å². The molecule has 0 saturated heterocycles. The minimum absolute atomic E-state index is 0.0316. The van der Waals surface area contributed by atoms with Gasteiger partial charge in [0.15, 0.2) is 0 Å². The van der Waals surface area contributed by atoms with Gasteiger partial charge in [0.25, 0.3) is 8.61 Å². The summed E-state index contributed by atoms with van der Waals surface area (Å²) < 4.78 is 11.5. The topological polar surface area (TPSA) is 22.0 Å². The van der Waals surface area contributed by atoms with Crippen LogP contribution in [0.3, 0.4) is 0 Å². The van der Waals surface area contributed by atoms with Crippen LogP contribution in [-0.4, -0.2) is 4.34 Å². The van der Waals surface area contributed by atoms with Crippen molar-refractivity contribution in [2.75, 3.05) is 0 Å². The lowest BCUT2D eigenvalue weighted by Gasteiger charge is -1.75. The molecule has 7 heavy (non-hydrogen) atoms. The van der Waals surface area contributed by atoms with E-state index in [1.165, 1.54) is 0 Å². The maximum Gasteiger partial charge on any atom is 0.285 e. The van der Waals surface area contributed by atoms with Crippen LogP contribution in [0.1, 0.15) is 0 Å². The van der Waals surface area contributed by atoms with Crippen LogP contribution in [0.4, 0.5) is 0 Å². The molecule has 0 fully saturated rings. The first-order chi connectivity index (χ1) is 3.43. The van der Waals surface area contributed by atoms with Crippen molar-refractivity contribution < 1.29 is 4.57 Å². The molecule has 0 bridgehead atoms. The van der Waals surface area contributed by atoms with Crippen molar-refractivity contribution in [3.8, 4) is 0 Å². The summed E-state index contributed by atoms with van der Waals surface area (Å²) >= 11 is 0. The Balaban J connectivity index is 2.96. The minimum Gasteiger partial charge on any atom is -0.274 e. The Bertz CT molecular complexity index is 147. The first kappa shape index (κ1) is 4.54. The predicted octanol–water partition coefficient (Wildman–Crippen LogP) is 1.54. The number of hydrogen-bond acceptors (Lipinski definition) is 1. The molecule has 1 aromatic heterocycles. The molecule has 0 aromatic carbocycles. The zero-order valence-electron chi connectivity index (χ0n) is 3.61. The molecule has 36 valence electrons. The standard InChI is InChI=1S/C4H4NOP/c6-7-5-3-1-2-4-5/h1-4H. The molecule has 0 amide bonds. The summed E-state index contributed by atoms with van der Waals surface area (Å²) in [5, 5.41) is 0. The molecule has 0 aliphatic heterocycles. The fourth-order valence-electron chi connectivity index (χ4n) is 0.380. The first-order valence-corrected chi connectivity index (χ1v) is 2.66. The zero-order chi connectivity index (χ0) is 5.11. The lowest BCUT2D eigenvalue weighted by Crippen LogP contribution is -1.64. The van der Waals surface area contributed by atoms with Crippen LogP contribution in [0.15, 0.2) is 24.5 Å². The van der Waals surface area contributed by atoms with Crippen LogP contribution in [0.5, 0.6) is 0 Å². The summed E-state index contributed by atoms with van der Waals surface area (Å²) in [5.74, 6) is 0. The van der Waals surface area contributed by atoms with E-state index in [0.29, 0.717) is 0 Å². The van der Waals surface area contributed by atoms with E-state index in [-0.39, 0.29) is 8.61 Å². The summed E-state index contributed by atoms with van der Waals surface area (Å²) in [6.45, 7) is 0. The fourth-order valence-corrected chi connectivity index (χ4v) is 0.643. The molecule has 0 atom stereocenters. The van der Waals surface area contributed by atoms with Crippen LogP contribution in [0.25, 0.3) is 0 Å². The Hall–Kier alpha value is -0.620. The SMILES string of the molecule is O=Pn1cccc1. The van der Waals surface area contributed by atoms with E-state index < -0.39 is 0 Å². The second-order valence-electron chi connectivity index (χ2n) is 1.14. The fraction of sp³-hybridized carbons (Fsp3) is 0. The predicted molar refractivity (Wildman–Crippen MR) is 27.4 cm³/mol. The number of hydrogen-bond donors (Lipinski definition) is 0. The molecule has 2 nitrogen and oxygen atoms in total. The molecule has 0 unspecified atom stereocenters. The Morgan fingerprint density at radius 1 is 1.29 bits per heavy atom. The van der Waals surface area contributed by atoms with Crippen LogP contribution in [0, 0.1) is 0 Å². The van der Waals surface area contributed by atoms with Gasteiger partial charge in [0, 0.05) is 12.4 Å². The van der Waals surface area contributed by atoms with E-state index in [1.807, 2.05) is 12.1 Å². The molecule has 0 saturated carbocycles. The van der Waals surface area contributed by atoms with E-state index in [9.17, 15) is 4.57 Å². The maximum absolute atomic E-state index is 9.93. The van der Waals surface area contributed by atoms with Gasteiger partial charge in [-0.05, 0) is 12.1 Å². The third-order valence-electron chi connectivity index (χ3n) is 0.683. The van der Waals surface area contributed by atoms with Gasteiger partial charge in [-0.3, -0.25) is 4.34 Å². The van der Waals surface area contributed by atoms with Crippen molar-refractivity contribution in [2.24, 2.45) is 0 Å². The van der Waals surface area contributed by atoms with E-state index in [2.05, 4.69) is 0 Å². The van der Waals surface area contributed by atoms with Crippen molar-refractivity contribution in [1.29, 1.82) is 0 Å². The van der Waals surface area contributed by atoms with Crippen LogP contribution >= 0.6 is 8.61 Å². The zero-order valence-corrected chi connectivity index (χ0v) is 4.51. The van der Waals surface area contributed by atoms with Gasteiger partial charge in [0.05, 0.1) is 0 Å². The second-order valence-corrected chi connectivity index (χ2v) is 1.77. The lowest BCUT2D eigenvalue weighted by molar-refractivity contribution is 0.594. The average molecular weight is 113 g/mol. The molecule has 1 aromatic rings. The third kappa shape index (κ3) is 0.875. The van der Waals surface area contributed by atoms with Crippen molar-refractivity contribution in [3.05, 3.63) is 24.5 Å². The Morgan fingerprint density at radius 3 is 2.14 bits per heavy atom. The van der Waals surface area contributed by atoms with E-state index in [0.717, 1.165) is 0 Å². The quantitative estimate of drug-likeness (QED) is 0.506. The van der Waals surface area contributed by atoms with Crippen LogP contribution in [-0.2, 0) is 4.57 Å². The van der Waals surface area contributed by atoms with E-state index in [1.54, 1.807) is 16.7 Å². The molecule has 1 heterocycles. The number of nitrogens with zero attached hydrogens (tertiary/aromatic N) is 1. The molecule has 1 rings (SSSR count). The lowest BCUT2D eigenvalue weighted by atomic mass is 10.7. The van der Waals surface area contributed by atoms with Gasteiger partial charge in [0.2, 0.25) is 0 Å². The molecule has 0 radical (unpaired) electrons. The third-order valence-corrected chi connectivity index (χ3v) is 1.14. The van der Waals surface area contributed by atoms with E-state index in [4.69, 9.17) is 0 Å². The highest BCUT2D eigenvalue weighted by molar-refractivity contribution is 7.21. The Kier molecular flexibility index (Phi) is 1.23. The summed E-state index contributed by atoms with van der Waals surface area (Å²) in [7, 11) is 0.0316. The number of aromatic nitrogens is 1. The highest BCUT2D eigenvalue weighted by Gasteiger charge is 1.77. The second kappa shape index (κ2) is 1.90. The van der Waals surface area contributed by atoms with Crippen molar-refractivity contribution in [2.45, 2.75) is 0 Å². The number of rotatable bonds is 1. The van der Waals surface area contributed by atoms with Crippen molar-refractivity contribution >= 4 is 8.61 Å². The molecule has 3 heteroatoms. The van der Waals surface area contributed by atoms with Crippen molar-refractivity contribution in [3.63, 3.8) is 0 Å². The molecular weight excluding hydrogens is 109 g/mol. The van der Waals surface area contributed by atoms with Gasteiger partial charge in [-0.25, -0.2) is 4.57 Å². The highest BCUT2D eigenvalue weighted by Crippen LogP contribution is 1.98. The van der Waals surface area contributed by atoms with Gasteiger partial charge < -0.3 is 0 Å². The van der Waals surface area contributed by atoms with Gasteiger partial charge >= 0.3 is 0 Å². The summed E-state index contributed by atoms with van der Waals surface area (Å²) in [6.07, 6.45) is 3.46. The average Bonchev–Trinajstić information content (AvgIpc) is 2.14. The largest absolute Gasteiger partial charge is 0.285 e. The molecule has 0 spiro atoms. The van der Waals surface area contributed by atoms with E-state index >= 15 is 0 Å². The molecule has 0 aliphatic rings. The smallest absolute Gasteiger partial charge is 0.274 e. The Morgan fingerprint density at radius 2 is 1.86 bits per heavy atom. The van der Waals surface area contributed by atoms with Gasteiger partial charge in [-0.2, -0.15) is 0 Å². The van der Waals surface area contributed by atoms with Crippen LogP contribution in [0.2, 0.25) is 0 Å². The summed E-state index contributed by atoms with van der Waals surface area (Å²) in [6, 6.07) is 3.65. The minimum atomic E-state index is 0.0316. The summed E-state index contributed by atoms with van der Waals surface area (Å²) in [5.41, 5.74) is 0. The Labute approximate surface area is 43.0 Å². The maximum atomic E-state index is 9.93. The highest BCUT2D eigenvalue weighted by atomic mass is 31.1. The molecular formula is C4H4NOP. The first-order valence-electron chi connectivity index (χ1n) is 1.90. The van der Waals surface area contributed by atoms with Crippen molar-refractivity contribution in [1.82, 2.24) is 4.34 Å². The molecule has 0 aliphatic carbocycles. The molecule has 0 N–H and O–H groups in total. The van der Waals surface area contributed by atoms with Gasteiger partial charge in [-0.15, -0.1) is 0 Å². The summed E-state index contributed by atoms with van der Waals surface area (Å²) in [4.78, 5) is 0. The van der Waals surface area contributed by atoms with Gasteiger partial charge in [-0.1, -0.05) is 0 Å². The van der Waals surface area contributed by atoms with Gasteiger partial charge in [0.1, 0.15) is 0 Å². The monoisotopic (exact) mass is 113 g/mol.